The number of amides is 3. The van der Waals surface area contributed by atoms with Crippen molar-refractivity contribution < 1.29 is 9.59 Å². The normalized spacial score (nSPS) is 21.5. The first-order chi connectivity index (χ1) is 13.0. The molecule has 0 unspecified atom stereocenters. The van der Waals surface area contributed by atoms with Crippen molar-refractivity contribution in [2.24, 2.45) is 0 Å². The van der Waals surface area contributed by atoms with Crippen LogP contribution < -0.4 is 5.32 Å². The van der Waals surface area contributed by atoms with Gasteiger partial charge < -0.3 is 20.0 Å². The van der Waals surface area contributed by atoms with E-state index < -0.39 is 0 Å². The lowest BCUT2D eigenvalue weighted by atomic mass is 10.1. The van der Waals surface area contributed by atoms with Crippen molar-refractivity contribution in [3.63, 3.8) is 0 Å². The second-order valence-electron chi connectivity index (χ2n) is 7.38. The molecule has 9 nitrogen and oxygen atoms in total. The van der Waals surface area contributed by atoms with Gasteiger partial charge in [0.1, 0.15) is 5.69 Å². The van der Waals surface area contributed by atoms with Crippen molar-refractivity contribution in [1.82, 2.24) is 35.0 Å². The number of nitrogens with zero attached hydrogens (tertiary/aromatic N) is 6. The average molecular weight is 414 g/mol. The Bertz CT molecular complexity index is 658. The fourth-order valence-electron chi connectivity index (χ4n) is 3.89. The summed E-state index contributed by atoms with van der Waals surface area (Å²) < 4.78 is 1.83. The highest BCUT2D eigenvalue weighted by Crippen LogP contribution is 2.21. The van der Waals surface area contributed by atoms with Gasteiger partial charge in [-0.05, 0) is 33.1 Å². The summed E-state index contributed by atoms with van der Waals surface area (Å²) in [4.78, 5) is 30.3. The number of nitrogens with one attached hydrogen (secondary N) is 1. The molecule has 0 spiro atoms. The third-order valence-electron chi connectivity index (χ3n) is 5.52. The zero-order valence-electron chi connectivity index (χ0n) is 17.0. The zero-order valence-corrected chi connectivity index (χ0v) is 17.8. The Morgan fingerprint density at radius 2 is 1.93 bits per heavy atom. The molecular formula is C18H32ClN7O2. The summed E-state index contributed by atoms with van der Waals surface area (Å²) in [5.74, 6) is 0.152. The molecule has 3 rings (SSSR count). The van der Waals surface area contributed by atoms with E-state index >= 15 is 0 Å². The molecule has 158 valence electrons. The van der Waals surface area contributed by atoms with Crippen molar-refractivity contribution in [2.45, 2.75) is 51.7 Å². The number of hydrogen-bond acceptors (Lipinski definition) is 5. The summed E-state index contributed by atoms with van der Waals surface area (Å²) in [6.07, 6.45) is 4.76. The molecule has 0 radical (unpaired) electrons. The number of rotatable bonds is 6. The van der Waals surface area contributed by atoms with Gasteiger partial charge in [-0.15, -0.1) is 17.5 Å². The van der Waals surface area contributed by atoms with Crippen LogP contribution in [0.25, 0.3) is 0 Å². The molecule has 10 heteroatoms. The molecule has 1 aromatic heterocycles. The van der Waals surface area contributed by atoms with E-state index in [4.69, 9.17) is 0 Å². The minimum absolute atomic E-state index is 0. The summed E-state index contributed by atoms with van der Waals surface area (Å²) in [6, 6.07) is -0.00761. The van der Waals surface area contributed by atoms with Crippen LogP contribution in [0, 0.1) is 0 Å². The molecule has 0 aliphatic carbocycles. The molecule has 28 heavy (non-hydrogen) atoms. The minimum Gasteiger partial charge on any atom is -0.342 e. The third kappa shape index (κ3) is 4.94. The average Bonchev–Trinajstić information content (AvgIpc) is 3.42. The highest BCUT2D eigenvalue weighted by Gasteiger charge is 2.33. The second-order valence-corrected chi connectivity index (χ2v) is 7.38. The van der Waals surface area contributed by atoms with Crippen LogP contribution in [0.1, 0.15) is 44.8 Å². The number of urea groups is 1. The molecular weight excluding hydrogens is 382 g/mol. The van der Waals surface area contributed by atoms with E-state index in [2.05, 4.69) is 15.6 Å². The van der Waals surface area contributed by atoms with E-state index in [1.807, 2.05) is 34.5 Å². The molecule has 3 amide bonds. The fraction of sp³-hybridized carbons (Fsp3) is 0.778. The topological polar surface area (TPSA) is 86.6 Å². The summed E-state index contributed by atoms with van der Waals surface area (Å²) in [5, 5.41) is 11.8. The van der Waals surface area contributed by atoms with Gasteiger partial charge in [0.15, 0.2) is 0 Å². The Hall–Kier alpha value is -1.87. The standard InChI is InChI=1S/C18H31N7O2.ClH/c1-4-23(5-2)17(26)16-10-15(11-19-16)25-13-14(20-21-25)12-22(3)18(27)24-8-6-7-9-24;/h13,15-16,19H,4-12H2,1-3H3;1H/t15-,16+;/m1./s1. The lowest BCUT2D eigenvalue weighted by molar-refractivity contribution is -0.132. The van der Waals surface area contributed by atoms with E-state index in [1.165, 1.54) is 0 Å². The van der Waals surface area contributed by atoms with E-state index in [1.54, 1.807) is 11.9 Å². The van der Waals surface area contributed by atoms with E-state index in [0.29, 0.717) is 19.5 Å². The van der Waals surface area contributed by atoms with Gasteiger partial charge in [-0.25, -0.2) is 9.48 Å². The summed E-state index contributed by atoms with van der Waals surface area (Å²) in [7, 11) is 1.80. The minimum atomic E-state index is -0.165. The smallest absolute Gasteiger partial charge is 0.320 e. The van der Waals surface area contributed by atoms with Crippen molar-refractivity contribution >= 4 is 24.3 Å². The van der Waals surface area contributed by atoms with Crippen molar-refractivity contribution in [3.05, 3.63) is 11.9 Å². The summed E-state index contributed by atoms with van der Waals surface area (Å²) in [6.45, 7) is 8.26. The maximum absolute atomic E-state index is 12.5. The third-order valence-corrected chi connectivity index (χ3v) is 5.52. The van der Waals surface area contributed by atoms with Gasteiger partial charge in [-0.1, -0.05) is 5.21 Å². The first-order valence-corrected chi connectivity index (χ1v) is 9.96. The monoisotopic (exact) mass is 413 g/mol. The first kappa shape index (κ1) is 22.4. The second kappa shape index (κ2) is 10.1. The molecule has 2 aliphatic heterocycles. The van der Waals surface area contributed by atoms with Crippen LogP contribution in [0.15, 0.2) is 6.20 Å². The van der Waals surface area contributed by atoms with E-state index in [0.717, 1.165) is 44.7 Å². The Labute approximate surface area is 172 Å². The highest BCUT2D eigenvalue weighted by atomic mass is 35.5. The molecule has 2 fully saturated rings. The van der Waals surface area contributed by atoms with Gasteiger partial charge in [0.2, 0.25) is 5.91 Å². The van der Waals surface area contributed by atoms with Crippen LogP contribution in [-0.2, 0) is 11.3 Å². The number of aromatic nitrogens is 3. The van der Waals surface area contributed by atoms with E-state index in [-0.39, 0.29) is 36.4 Å². The Morgan fingerprint density at radius 3 is 2.57 bits per heavy atom. The lowest BCUT2D eigenvalue weighted by Gasteiger charge is -2.23. The number of hydrogen-bond donors (Lipinski definition) is 1. The predicted octanol–water partition coefficient (Wildman–Crippen LogP) is 1.12. The van der Waals surface area contributed by atoms with Gasteiger partial charge in [0.25, 0.3) is 0 Å². The van der Waals surface area contributed by atoms with E-state index in [9.17, 15) is 9.59 Å². The number of carbonyl (C=O) groups is 2. The number of halogens is 1. The number of likely N-dealkylation sites (N-methyl/N-ethyl adjacent to an activating group) is 1. The van der Waals surface area contributed by atoms with Gasteiger partial charge in [-0.2, -0.15) is 0 Å². The summed E-state index contributed by atoms with van der Waals surface area (Å²) in [5.41, 5.74) is 0.767. The molecule has 2 aliphatic rings. The van der Waals surface area contributed by atoms with Gasteiger partial charge >= 0.3 is 6.03 Å². The van der Waals surface area contributed by atoms with Crippen LogP contribution in [0.5, 0.6) is 0 Å². The molecule has 0 saturated carbocycles. The lowest BCUT2D eigenvalue weighted by Crippen LogP contribution is -2.43. The van der Waals surface area contributed by atoms with Crippen LogP contribution in [0.2, 0.25) is 0 Å². The molecule has 2 atom stereocenters. The Morgan fingerprint density at radius 1 is 1.25 bits per heavy atom. The fourth-order valence-corrected chi connectivity index (χ4v) is 3.89. The van der Waals surface area contributed by atoms with Gasteiger partial charge in [0.05, 0.1) is 24.8 Å². The van der Waals surface area contributed by atoms with Gasteiger partial charge in [-0.3, -0.25) is 4.79 Å². The molecule has 0 bridgehead atoms. The van der Waals surface area contributed by atoms with Crippen LogP contribution in [0.4, 0.5) is 4.79 Å². The molecule has 3 heterocycles. The molecule has 1 N–H and O–H groups in total. The van der Waals surface area contributed by atoms with Crippen molar-refractivity contribution in [3.8, 4) is 0 Å². The number of carbonyl (C=O) groups excluding carboxylic acids is 2. The van der Waals surface area contributed by atoms with Crippen LogP contribution in [0.3, 0.4) is 0 Å². The highest BCUT2D eigenvalue weighted by molar-refractivity contribution is 5.85. The van der Waals surface area contributed by atoms with Crippen molar-refractivity contribution in [1.29, 1.82) is 0 Å². The molecule has 1 aromatic rings. The largest absolute Gasteiger partial charge is 0.342 e. The maximum Gasteiger partial charge on any atom is 0.320 e. The maximum atomic E-state index is 12.5. The summed E-state index contributed by atoms with van der Waals surface area (Å²) >= 11 is 0. The zero-order chi connectivity index (χ0) is 19.4. The van der Waals surface area contributed by atoms with Crippen molar-refractivity contribution in [2.75, 3.05) is 39.8 Å². The predicted molar refractivity (Wildman–Crippen MR) is 108 cm³/mol. The first-order valence-electron chi connectivity index (χ1n) is 9.96. The SMILES string of the molecule is CCN(CC)C(=O)[C@@H]1C[C@@H](n2cc(CN(C)C(=O)N3CCCC3)nn2)CN1.Cl. The molecule has 2 saturated heterocycles. The quantitative estimate of drug-likeness (QED) is 0.755. The van der Waals surface area contributed by atoms with Crippen LogP contribution in [-0.4, -0.2) is 87.4 Å². The van der Waals surface area contributed by atoms with Gasteiger partial charge in [0, 0.05) is 39.8 Å². The Balaban J connectivity index is 0.00000280. The Kier molecular flexibility index (Phi) is 8.06. The number of likely N-dealkylation sites (tertiary alicyclic amines) is 1. The van der Waals surface area contributed by atoms with Crippen LogP contribution >= 0.6 is 12.4 Å². The molecule has 0 aromatic carbocycles.